The first-order valence-electron chi connectivity index (χ1n) is 7.44. The number of aliphatic carboxylic acids is 1. The number of rotatable bonds is 12. The monoisotopic (exact) mass is 273 g/mol. The lowest BCUT2D eigenvalue weighted by molar-refractivity contribution is -0.308. The van der Waals surface area contributed by atoms with Crippen molar-refractivity contribution < 1.29 is 9.90 Å². The third-order valence-electron chi connectivity index (χ3n) is 3.46. The van der Waals surface area contributed by atoms with Crippen molar-refractivity contribution in [1.82, 2.24) is 0 Å². The highest BCUT2D eigenvalue weighted by Gasteiger charge is 2.19. The highest BCUT2D eigenvalue weighted by atomic mass is 32.1. The molecule has 0 saturated carbocycles. The van der Waals surface area contributed by atoms with E-state index < -0.39 is 10.7 Å². The van der Waals surface area contributed by atoms with E-state index in [4.69, 9.17) is 0 Å². The molecular formula is C15H29O2S-. The summed E-state index contributed by atoms with van der Waals surface area (Å²) in [6.45, 7) is 3.86. The first-order valence-corrected chi connectivity index (χ1v) is 7.89. The molecule has 0 radical (unpaired) electrons. The quantitative estimate of drug-likeness (QED) is 0.435. The van der Waals surface area contributed by atoms with Crippen molar-refractivity contribution in [2.24, 2.45) is 0 Å². The summed E-state index contributed by atoms with van der Waals surface area (Å²) in [5.74, 6) is -1.05. The van der Waals surface area contributed by atoms with Crippen LogP contribution in [0.15, 0.2) is 0 Å². The number of thiol groups is 1. The van der Waals surface area contributed by atoms with E-state index in [-0.39, 0.29) is 0 Å². The fourth-order valence-corrected chi connectivity index (χ4v) is 2.22. The molecule has 0 aliphatic carbocycles. The number of carbonyl (C=O) groups is 1. The molecule has 0 aromatic rings. The zero-order valence-electron chi connectivity index (χ0n) is 12.0. The van der Waals surface area contributed by atoms with Crippen molar-refractivity contribution in [3.05, 3.63) is 0 Å². The van der Waals surface area contributed by atoms with Crippen LogP contribution in [0.4, 0.5) is 0 Å². The summed E-state index contributed by atoms with van der Waals surface area (Å²) >= 11 is 4.11. The molecule has 0 saturated heterocycles. The normalized spacial score (nSPS) is 14.4. The van der Waals surface area contributed by atoms with Crippen LogP contribution in [0, 0.1) is 0 Å². The first kappa shape index (κ1) is 17.8. The lowest BCUT2D eigenvalue weighted by atomic mass is 10.0. The maximum Gasteiger partial charge on any atom is 0.0570 e. The largest absolute Gasteiger partial charge is 0.549 e. The Balaban J connectivity index is 3.24. The predicted molar refractivity (Wildman–Crippen MR) is 78.9 cm³/mol. The minimum atomic E-state index is -1.05. The zero-order chi connectivity index (χ0) is 13.9. The maximum atomic E-state index is 10.7. The number of carboxylic acids is 1. The van der Waals surface area contributed by atoms with Gasteiger partial charge in [-0.05, 0) is 13.3 Å². The molecule has 3 heteroatoms. The maximum absolute atomic E-state index is 10.7. The molecule has 1 atom stereocenters. The summed E-state index contributed by atoms with van der Waals surface area (Å²) < 4.78 is -0.958. The van der Waals surface area contributed by atoms with Crippen molar-refractivity contribution >= 4 is 18.6 Å². The summed E-state index contributed by atoms with van der Waals surface area (Å²) in [5, 5.41) is 10.7. The van der Waals surface area contributed by atoms with Gasteiger partial charge in [0.25, 0.3) is 0 Å². The molecule has 0 aromatic heterocycles. The Hall–Kier alpha value is -0.180. The van der Waals surface area contributed by atoms with E-state index in [0.29, 0.717) is 6.42 Å². The summed E-state index contributed by atoms with van der Waals surface area (Å²) in [4.78, 5) is 10.7. The molecule has 1 unspecified atom stereocenters. The van der Waals surface area contributed by atoms with E-state index in [0.717, 1.165) is 12.8 Å². The smallest absolute Gasteiger partial charge is 0.0570 e. The fraction of sp³-hybridized carbons (Fsp3) is 0.933. The summed E-state index contributed by atoms with van der Waals surface area (Å²) in [6, 6.07) is 0. The average molecular weight is 273 g/mol. The second-order valence-corrected chi connectivity index (χ2v) is 6.48. The Kier molecular flexibility index (Phi) is 10.6. The van der Waals surface area contributed by atoms with E-state index in [9.17, 15) is 9.90 Å². The van der Waals surface area contributed by atoms with E-state index >= 15 is 0 Å². The Morgan fingerprint density at radius 3 is 1.72 bits per heavy atom. The van der Waals surface area contributed by atoms with Crippen molar-refractivity contribution in [3.8, 4) is 0 Å². The van der Waals surface area contributed by atoms with Crippen LogP contribution >= 0.6 is 12.6 Å². The lowest BCUT2D eigenvalue weighted by Crippen LogP contribution is -2.41. The standard InChI is InChI=1S/C15H30O2S/c1-3-4-5-6-7-8-9-10-11-12-13-15(2,18)14(16)17/h18H,3-13H2,1-2H3,(H,16,17)/p-1. The molecule has 18 heavy (non-hydrogen) atoms. The SMILES string of the molecule is CCCCCCCCCCCCC(C)(S)C(=O)[O-]. The molecule has 0 N–H and O–H groups in total. The van der Waals surface area contributed by atoms with Crippen LogP contribution in [-0.2, 0) is 4.79 Å². The van der Waals surface area contributed by atoms with Crippen LogP contribution < -0.4 is 5.11 Å². The number of hydrogen-bond donors (Lipinski definition) is 1. The van der Waals surface area contributed by atoms with E-state index in [1.807, 2.05) is 0 Å². The van der Waals surface area contributed by atoms with Gasteiger partial charge in [-0.2, -0.15) is 12.6 Å². The van der Waals surface area contributed by atoms with Gasteiger partial charge in [0.2, 0.25) is 0 Å². The van der Waals surface area contributed by atoms with Crippen molar-refractivity contribution in [3.63, 3.8) is 0 Å². The second-order valence-electron chi connectivity index (χ2n) is 5.49. The van der Waals surface area contributed by atoms with Gasteiger partial charge in [0.05, 0.1) is 5.97 Å². The Bertz CT molecular complexity index is 215. The van der Waals surface area contributed by atoms with Gasteiger partial charge in [0.15, 0.2) is 0 Å². The van der Waals surface area contributed by atoms with Gasteiger partial charge in [-0.3, -0.25) is 0 Å². The van der Waals surface area contributed by atoms with Crippen molar-refractivity contribution in [1.29, 1.82) is 0 Å². The number of hydrogen-bond acceptors (Lipinski definition) is 3. The lowest BCUT2D eigenvalue weighted by Gasteiger charge is -2.24. The molecule has 0 spiro atoms. The Morgan fingerprint density at radius 1 is 0.944 bits per heavy atom. The van der Waals surface area contributed by atoms with Gasteiger partial charge >= 0.3 is 0 Å². The third-order valence-corrected chi connectivity index (χ3v) is 3.86. The van der Waals surface area contributed by atoms with Crippen LogP contribution in [-0.4, -0.2) is 10.7 Å². The van der Waals surface area contributed by atoms with Crippen LogP contribution in [0.5, 0.6) is 0 Å². The zero-order valence-corrected chi connectivity index (χ0v) is 12.9. The minimum Gasteiger partial charge on any atom is -0.549 e. The molecule has 0 rings (SSSR count). The molecule has 0 aliphatic rings. The second kappa shape index (κ2) is 10.7. The Labute approximate surface area is 118 Å². The topological polar surface area (TPSA) is 40.1 Å². The highest BCUT2D eigenvalue weighted by molar-refractivity contribution is 7.82. The number of unbranched alkanes of at least 4 members (excludes halogenated alkanes) is 9. The van der Waals surface area contributed by atoms with Gasteiger partial charge in [-0.15, -0.1) is 0 Å². The molecule has 108 valence electrons. The summed E-state index contributed by atoms with van der Waals surface area (Å²) in [6.07, 6.45) is 13.2. The number of carbonyl (C=O) groups excluding carboxylic acids is 1. The third kappa shape index (κ3) is 9.81. The van der Waals surface area contributed by atoms with Crippen molar-refractivity contribution in [2.75, 3.05) is 0 Å². The highest BCUT2D eigenvalue weighted by Crippen LogP contribution is 2.21. The van der Waals surface area contributed by atoms with E-state index in [2.05, 4.69) is 19.6 Å². The minimum absolute atomic E-state index is 0.606. The van der Waals surface area contributed by atoms with Crippen molar-refractivity contribution in [2.45, 2.75) is 89.2 Å². The van der Waals surface area contributed by atoms with E-state index in [1.165, 1.54) is 51.4 Å². The van der Waals surface area contributed by atoms with Gasteiger partial charge < -0.3 is 9.90 Å². The molecule has 2 nitrogen and oxygen atoms in total. The van der Waals surface area contributed by atoms with Crippen LogP contribution in [0.1, 0.15) is 84.5 Å². The fourth-order valence-electron chi connectivity index (χ4n) is 2.06. The summed E-state index contributed by atoms with van der Waals surface area (Å²) in [7, 11) is 0. The molecule has 0 aromatic carbocycles. The van der Waals surface area contributed by atoms with Crippen LogP contribution in [0.25, 0.3) is 0 Å². The average Bonchev–Trinajstić information content (AvgIpc) is 2.31. The molecule has 0 bridgehead atoms. The van der Waals surface area contributed by atoms with Gasteiger partial charge in [0, 0.05) is 4.75 Å². The van der Waals surface area contributed by atoms with Gasteiger partial charge in [0.1, 0.15) is 0 Å². The molecule has 0 heterocycles. The van der Waals surface area contributed by atoms with Gasteiger partial charge in [-0.1, -0.05) is 71.1 Å². The first-order chi connectivity index (χ1) is 8.50. The molecule has 0 amide bonds. The number of carboxylic acid groups (broad SMARTS) is 1. The molecular weight excluding hydrogens is 244 g/mol. The molecule has 0 aliphatic heterocycles. The van der Waals surface area contributed by atoms with Crippen LogP contribution in [0.2, 0.25) is 0 Å². The van der Waals surface area contributed by atoms with Gasteiger partial charge in [-0.25, -0.2) is 0 Å². The molecule has 0 fully saturated rings. The Morgan fingerprint density at radius 2 is 1.33 bits per heavy atom. The predicted octanol–water partition coefficient (Wildman–Crippen LogP) is 3.74. The van der Waals surface area contributed by atoms with E-state index in [1.54, 1.807) is 6.92 Å². The summed E-state index contributed by atoms with van der Waals surface area (Å²) in [5.41, 5.74) is 0. The van der Waals surface area contributed by atoms with Crippen LogP contribution in [0.3, 0.4) is 0 Å².